The Morgan fingerprint density at radius 1 is 1.27 bits per heavy atom. The van der Waals surface area contributed by atoms with Crippen LogP contribution in [0.2, 0.25) is 0 Å². The predicted molar refractivity (Wildman–Crippen MR) is 83.8 cm³/mol. The number of carbonyl (C=O) groups excluding carboxylic acids is 1. The fraction of sp³-hybridized carbons (Fsp3) is 0.200. The zero-order chi connectivity index (χ0) is 15.4. The normalized spacial score (nSPS) is 10.8. The van der Waals surface area contributed by atoms with Gasteiger partial charge in [-0.15, -0.1) is 11.8 Å². The first-order valence-corrected chi connectivity index (χ1v) is 7.95. The summed E-state index contributed by atoms with van der Waals surface area (Å²) < 4.78 is 7.04. The van der Waals surface area contributed by atoms with Crippen molar-refractivity contribution in [2.24, 2.45) is 0 Å². The Kier molecular flexibility index (Phi) is 4.34. The molecule has 0 N–H and O–H groups in total. The molecule has 1 aromatic carbocycles. The van der Waals surface area contributed by atoms with E-state index in [-0.39, 0.29) is 12.6 Å². The highest BCUT2D eigenvalue weighted by atomic mass is 32.2. The summed E-state index contributed by atoms with van der Waals surface area (Å²) in [6.45, 7) is 0.705. The van der Waals surface area contributed by atoms with Gasteiger partial charge < -0.3 is 4.74 Å². The molecule has 3 aromatic rings. The molecule has 0 amide bonds. The van der Waals surface area contributed by atoms with Crippen LogP contribution in [0.25, 0.3) is 11.0 Å². The van der Waals surface area contributed by atoms with E-state index >= 15 is 0 Å². The smallest absolute Gasteiger partial charge is 0.338 e. The molecule has 0 radical (unpaired) electrons. The first-order valence-electron chi connectivity index (χ1n) is 6.72. The minimum absolute atomic E-state index is 0.243. The average molecular weight is 314 g/mol. The van der Waals surface area contributed by atoms with Gasteiger partial charge in [-0.25, -0.2) is 14.8 Å². The van der Waals surface area contributed by atoms with Gasteiger partial charge in [0.2, 0.25) is 0 Å². The summed E-state index contributed by atoms with van der Waals surface area (Å²) in [5.74, 6) is -0.335. The highest BCUT2D eigenvalue weighted by Crippen LogP contribution is 2.21. The topological polar surface area (TPSA) is 69.9 Å². The summed E-state index contributed by atoms with van der Waals surface area (Å²) in [5.41, 5.74) is 2.19. The zero-order valence-electron chi connectivity index (χ0n) is 12.0. The maximum atomic E-state index is 11.9. The van der Waals surface area contributed by atoms with Crippen LogP contribution in [-0.4, -0.2) is 38.6 Å². The summed E-state index contributed by atoms with van der Waals surface area (Å²) in [5, 5.41) is 5.14. The van der Waals surface area contributed by atoms with Crippen molar-refractivity contribution in [2.45, 2.75) is 11.6 Å². The summed E-state index contributed by atoms with van der Waals surface area (Å²) in [6, 6.07) is 8.92. The summed E-state index contributed by atoms with van der Waals surface area (Å²) in [7, 11) is 0. The van der Waals surface area contributed by atoms with Gasteiger partial charge in [-0.1, -0.05) is 18.2 Å². The fourth-order valence-electron chi connectivity index (χ4n) is 2.10. The second-order valence-corrected chi connectivity index (χ2v) is 5.28. The molecule has 22 heavy (non-hydrogen) atoms. The third kappa shape index (κ3) is 2.94. The first-order chi connectivity index (χ1) is 10.8. The molecule has 0 saturated carbocycles. The Labute approximate surface area is 131 Å². The lowest BCUT2D eigenvalue weighted by molar-refractivity contribution is 0.0489. The third-order valence-corrected chi connectivity index (χ3v) is 3.82. The quantitative estimate of drug-likeness (QED) is 0.409. The van der Waals surface area contributed by atoms with E-state index in [4.69, 9.17) is 4.74 Å². The van der Waals surface area contributed by atoms with Crippen LogP contribution in [0.5, 0.6) is 0 Å². The summed E-state index contributed by atoms with van der Waals surface area (Å²) >= 11 is 1.53. The number of rotatable bonds is 5. The number of hydrogen-bond donors (Lipinski definition) is 0. The number of esters is 1. The van der Waals surface area contributed by atoms with Gasteiger partial charge in [0.05, 0.1) is 18.3 Å². The molecule has 0 bridgehead atoms. The summed E-state index contributed by atoms with van der Waals surface area (Å²) in [6.07, 6.45) is 5.17. The fourth-order valence-corrected chi connectivity index (χ4v) is 2.65. The predicted octanol–water partition coefficient (Wildman–Crippen LogP) is 2.41. The van der Waals surface area contributed by atoms with Gasteiger partial charge in [0, 0.05) is 0 Å². The molecule has 0 saturated heterocycles. The van der Waals surface area contributed by atoms with Gasteiger partial charge in [-0.2, -0.15) is 5.10 Å². The molecule has 2 aromatic heterocycles. The Balaban J connectivity index is 1.69. The molecular weight excluding hydrogens is 300 g/mol. The Morgan fingerprint density at radius 2 is 2.09 bits per heavy atom. The molecular formula is C15H14N4O2S. The van der Waals surface area contributed by atoms with Gasteiger partial charge in [0.15, 0.2) is 0 Å². The van der Waals surface area contributed by atoms with E-state index in [0.717, 1.165) is 16.1 Å². The molecule has 0 spiro atoms. The van der Waals surface area contributed by atoms with Crippen molar-refractivity contribution in [1.82, 2.24) is 19.7 Å². The standard InChI is InChI=1S/C15H14N4O2S/c1-22-14-13-12(16-10-17-14)9-18-19(13)7-8-21-15(20)11-5-3-2-4-6-11/h2-6,9-10H,7-8H2,1H3. The molecule has 0 fully saturated rings. The van der Waals surface area contributed by atoms with Crippen molar-refractivity contribution in [3.63, 3.8) is 0 Å². The maximum absolute atomic E-state index is 11.9. The van der Waals surface area contributed by atoms with Crippen LogP contribution >= 0.6 is 11.8 Å². The minimum Gasteiger partial charge on any atom is -0.460 e. The SMILES string of the molecule is CSc1ncnc2cnn(CCOC(=O)c3ccccc3)c12. The zero-order valence-corrected chi connectivity index (χ0v) is 12.8. The lowest BCUT2D eigenvalue weighted by atomic mass is 10.2. The van der Waals surface area contributed by atoms with Gasteiger partial charge in [-0.3, -0.25) is 4.68 Å². The van der Waals surface area contributed by atoms with Crippen LogP contribution in [0.3, 0.4) is 0 Å². The number of carbonyl (C=O) groups is 1. The monoisotopic (exact) mass is 314 g/mol. The second kappa shape index (κ2) is 6.57. The molecule has 112 valence electrons. The number of aromatic nitrogens is 4. The van der Waals surface area contributed by atoms with E-state index in [1.807, 2.05) is 12.3 Å². The van der Waals surface area contributed by atoms with E-state index in [1.54, 1.807) is 35.1 Å². The number of thioether (sulfide) groups is 1. The second-order valence-electron chi connectivity index (χ2n) is 4.49. The Hall–Kier alpha value is -2.41. The van der Waals surface area contributed by atoms with Crippen molar-refractivity contribution in [3.8, 4) is 0 Å². The maximum Gasteiger partial charge on any atom is 0.338 e. The van der Waals surface area contributed by atoms with Gasteiger partial charge in [-0.05, 0) is 18.4 Å². The van der Waals surface area contributed by atoms with E-state index in [0.29, 0.717) is 12.1 Å². The Morgan fingerprint density at radius 3 is 2.86 bits per heavy atom. The number of hydrogen-bond acceptors (Lipinski definition) is 6. The number of fused-ring (bicyclic) bond motifs is 1. The largest absolute Gasteiger partial charge is 0.460 e. The van der Waals surface area contributed by atoms with Crippen LogP contribution < -0.4 is 0 Å². The van der Waals surface area contributed by atoms with E-state index in [1.165, 1.54) is 18.1 Å². The van der Waals surface area contributed by atoms with Gasteiger partial charge in [0.25, 0.3) is 0 Å². The van der Waals surface area contributed by atoms with E-state index in [9.17, 15) is 4.79 Å². The average Bonchev–Trinajstić information content (AvgIpc) is 2.99. The molecule has 0 aliphatic rings. The van der Waals surface area contributed by atoms with Crippen LogP contribution in [0, 0.1) is 0 Å². The summed E-state index contributed by atoms with van der Waals surface area (Å²) in [4.78, 5) is 20.3. The minimum atomic E-state index is -0.335. The Bertz CT molecular complexity index is 789. The molecule has 7 heteroatoms. The molecule has 3 rings (SSSR count). The number of nitrogens with zero attached hydrogens (tertiary/aromatic N) is 4. The first kappa shape index (κ1) is 14.5. The highest BCUT2D eigenvalue weighted by Gasteiger charge is 2.11. The lowest BCUT2D eigenvalue weighted by Crippen LogP contribution is -2.12. The van der Waals surface area contributed by atoms with E-state index < -0.39 is 0 Å². The van der Waals surface area contributed by atoms with Crippen LogP contribution in [0.1, 0.15) is 10.4 Å². The van der Waals surface area contributed by atoms with Crippen molar-refractivity contribution >= 4 is 28.8 Å². The molecule has 6 nitrogen and oxygen atoms in total. The number of benzene rings is 1. The molecule has 0 aliphatic heterocycles. The molecule has 0 atom stereocenters. The van der Waals surface area contributed by atoms with Crippen LogP contribution in [0.15, 0.2) is 47.9 Å². The molecule has 2 heterocycles. The van der Waals surface area contributed by atoms with Crippen molar-refractivity contribution in [1.29, 1.82) is 0 Å². The van der Waals surface area contributed by atoms with Crippen molar-refractivity contribution < 1.29 is 9.53 Å². The highest BCUT2D eigenvalue weighted by molar-refractivity contribution is 7.98. The van der Waals surface area contributed by atoms with Crippen molar-refractivity contribution in [2.75, 3.05) is 12.9 Å². The van der Waals surface area contributed by atoms with Gasteiger partial charge in [0.1, 0.15) is 29.0 Å². The molecule has 0 aliphatic carbocycles. The van der Waals surface area contributed by atoms with Crippen LogP contribution in [0.4, 0.5) is 0 Å². The van der Waals surface area contributed by atoms with Crippen molar-refractivity contribution in [3.05, 3.63) is 48.4 Å². The third-order valence-electron chi connectivity index (χ3n) is 3.13. The van der Waals surface area contributed by atoms with Crippen LogP contribution in [-0.2, 0) is 11.3 Å². The molecule has 0 unspecified atom stereocenters. The van der Waals surface area contributed by atoms with E-state index in [2.05, 4.69) is 15.1 Å². The van der Waals surface area contributed by atoms with Gasteiger partial charge >= 0.3 is 5.97 Å². The number of ether oxygens (including phenoxy) is 1. The lowest BCUT2D eigenvalue weighted by Gasteiger charge is -2.07.